The monoisotopic (exact) mass is 469 g/mol. The van der Waals surface area contributed by atoms with Gasteiger partial charge >= 0.3 is 0 Å². The lowest BCUT2D eigenvalue weighted by Gasteiger charge is -2.39. The van der Waals surface area contributed by atoms with Crippen LogP contribution in [0.1, 0.15) is 59.0 Å². The third-order valence-corrected chi connectivity index (χ3v) is 8.91. The Balaban J connectivity index is 1.38. The van der Waals surface area contributed by atoms with Crippen LogP contribution in [0.25, 0.3) is 5.69 Å². The quantitative estimate of drug-likeness (QED) is 0.542. The summed E-state index contributed by atoms with van der Waals surface area (Å²) in [5.74, 6) is 0.253. The summed E-state index contributed by atoms with van der Waals surface area (Å²) in [6, 6.07) is 9.50. The summed E-state index contributed by atoms with van der Waals surface area (Å²) in [7, 11) is -3.69. The van der Waals surface area contributed by atoms with Crippen molar-refractivity contribution >= 4 is 16.3 Å². The van der Waals surface area contributed by atoms with E-state index in [-0.39, 0.29) is 22.9 Å². The lowest BCUT2D eigenvalue weighted by atomic mass is 10.0. The van der Waals surface area contributed by atoms with Gasteiger partial charge < -0.3 is 14.0 Å². The average Bonchev–Trinajstić information content (AvgIpc) is 3.41. The number of benzene rings is 1. The molecule has 2 atom stereocenters. The number of carbonyl (C=O) groups excluding carboxylic acids is 1. The maximum Gasteiger partial charge on any atom is 0.273 e. The fourth-order valence-electron chi connectivity index (χ4n) is 5.25. The van der Waals surface area contributed by atoms with E-state index in [1.165, 1.54) is 4.31 Å². The van der Waals surface area contributed by atoms with Crippen LogP contribution in [0.4, 0.5) is 0 Å². The summed E-state index contributed by atoms with van der Waals surface area (Å²) in [6.07, 6.45) is 1.14. The van der Waals surface area contributed by atoms with Crippen LogP contribution in [0, 0.1) is 20.8 Å². The van der Waals surface area contributed by atoms with Crippen molar-refractivity contribution in [3.8, 4) is 5.69 Å². The van der Waals surface area contributed by atoms with Gasteiger partial charge in [-0.05, 0) is 45.7 Å². The smallest absolute Gasteiger partial charge is 0.273 e. The second kappa shape index (κ2) is 7.89. The predicted octanol–water partition coefficient (Wildman–Crippen LogP) is 3.37. The summed E-state index contributed by atoms with van der Waals surface area (Å²) in [6.45, 7) is 7.89. The second-order valence-corrected chi connectivity index (χ2v) is 10.6. The van der Waals surface area contributed by atoms with Crippen molar-refractivity contribution < 1.29 is 18.1 Å². The molecule has 0 saturated carbocycles. The van der Waals surface area contributed by atoms with Gasteiger partial charge in [0.2, 0.25) is 4.90 Å². The molecule has 2 aromatic heterocycles. The van der Waals surface area contributed by atoms with Gasteiger partial charge in [0.1, 0.15) is 11.4 Å². The lowest BCUT2D eigenvalue weighted by molar-refractivity contribution is 0.0559. The summed E-state index contributed by atoms with van der Waals surface area (Å²) in [5.41, 5.74) is 3.63. The number of carbonyl (C=O) groups is 1. The van der Waals surface area contributed by atoms with E-state index >= 15 is 0 Å². The van der Waals surface area contributed by atoms with Gasteiger partial charge in [0.25, 0.3) is 5.91 Å². The maximum atomic E-state index is 13.6. The normalized spacial score (nSPS) is 21.4. The average molecular weight is 470 g/mol. The first kappa shape index (κ1) is 22.0. The van der Waals surface area contributed by atoms with Crippen molar-refractivity contribution in [3.05, 3.63) is 58.7 Å². The number of hydrogen-bond acceptors (Lipinski definition) is 6. The Labute approximate surface area is 193 Å². The molecule has 0 spiro atoms. The molecule has 2 aliphatic heterocycles. The molecule has 0 radical (unpaired) electrons. The van der Waals surface area contributed by atoms with Crippen LogP contribution in [0.2, 0.25) is 0 Å². The first-order chi connectivity index (χ1) is 15.7. The van der Waals surface area contributed by atoms with Crippen LogP contribution in [0.15, 0.2) is 39.8 Å². The van der Waals surface area contributed by atoms with Gasteiger partial charge in [-0.3, -0.25) is 4.79 Å². The van der Waals surface area contributed by atoms with Gasteiger partial charge in [0.05, 0.1) is 17.4 Å². The standard InChI is InChI=1S/C23H27N5O4S/c1-14-20-16(3)27(23(29)21(20)28(24-14)19-8-6-5-7-9-19)18-10-12-26(13-11-18)33(30,31)22-15(2)25-32-17(22)4/h5-9,16,18H,10-13H2,1-4H3. The first-order valence-corrected chi connectivity index (χ1v) is 12.6. The summed E-state index contributed by atoms with van der Waals surface area (Å²) in [4.78, 5) is 15.6. The molecule has 10 heteroatoms. The van der Waals surface area contributed by atoms with E-state index in [9.17, 15) is 13.6 Å². The number of fused-ring (bicyclic) bond motifs is 1. The van der Waals surface area contributed by atoms with Crippen molar-refractivity contribution in [1.82, 2.24) is 24.1 Å². The minimum Gasteiger partial charge on any atom is -0.593 e. The fraction of sp³-hybridized carbons (Fsp3) is 0.435. The molecule has 4 heterocycles. The maximum absolute atomic E-state index is 13.6. The zero-order valence-electron chi connectivity index (χ0n) is 19.1. The van der Waals surface area contributed by atoms with Gasteiger partial charge in [-0.15, -0.1) is 4.31 Å². The van der Waals surface area contributed by atoms with E-state index in [1.54, 1.807) is 18.5 Å². The van der Waals surface area contributed by atoms with Crippen LogP contribution in [0.5, 0.6) is 0 Å². The Hall–Kier alpha value is -2.82. The van der Waals surface area contributed by atoms with Crippen molar-refractivity contribution in [2.75, 3.05) is 13.1 Å². The van der Waals surface area contributed by atoms with Crippen LogP contribution < -0.4 is 0 Å². The Kier molecular flexibility index (Phi) is 5.26. The van der Waals surface area contributed by atoms with E-state index in [2.05, 4.69) is 10.3 Å². The number of hydrogen-bond donors (Lipinski definition) is 0. The molecular weight excluding hydrogens is 442 g/mol. The van der Waals surface area contributed by atoms with Gasteiger partial charge in [-0.25, -0.2) is 4.68 Å². The third kappa shape index (κ3) is 3.35. The Morgan fingerprint density at radius 3 is 2.36 bits per heavy atom. The Morgan fingerprint density at radius 2 is 1.76 bits per heavy atom. The highest BCUT2D eigenvalue weighted by Crippen LogP contribution is 2.40. The topological polar surface area (TPSA) is 108 Å². The van der Waals surface area contributed by atoms with Crippen molar-refractivity contribution in [2.45, 2.75) is 57.5 Å². The molecule has 2 unspecified atom stereocenters. The molecule has 1 fully saturated rings. The molecule has 0 N–H and O–H groups in total. The molecule has 1 saturated heterocycles. The number of aromatic nitrogens is 3. The molecule has 5 rings (SSSR count). The molecule has 1 amide bonds. The Morgan fingerprint density at radius 1 is 1.09 bits per heavy atom. The van der Waals surface area contributed by atoms with Crippen LogP contribution >= 0.6 is 0 Å². The SMILES string of the molecule is Cc1nn(-c2ccccc2)c2c1C(C)N(C1CCN([S+](=O)([O-])c3c(C)noc3C)CC1)C2=O. The summed E-state index contributed by atoms with van der Waals surface area (Å²) in [5, 5.41) is 8.43. The Bertz CT molecular complexity index is 1240. The zero-order valence-corrected chi connectivity index (χ0v) is 20.0. The molecule has 1 aromatic carbocycles. The molecule has 174 valence electrons. The highest BCUT2D eigenvalue weighted by molar-refractivity contribution is 7.95. The van der Waals surface area contributed by atoms with E-state index < -0.39 is 10.4 Å². The van der Waals surface area contributed by atoms with Gasteiger partial charge in [0, 0.05) is 31.6 Å². The number of para-hydroxylation sites is 1. The number of sulfonamides is 1. The number of nitrogens with zero attached hydrogens (tertiary/aromatic N) is 5. The molecule has 33 heavy (non-hydrogen) atoms. The molecular formula is C23H27N5O4S. The summed E-state index contributed by atoms with van der Waals surface area (Å²) >= 11 is 0. The highest BCUT2D eigenvalue weighted by Gasteiger charge is 2.46. The molecule has 0 bridgehead atoms. The third-order valence-electron chi connectivity index (χ3n) is 6.76. The number of aryl methyl sites for hydroxylation is 3. The highest BCUT2D eigenvalue weighted by atomic mass is 32.3. The molecule has 3 aromatic rings. The zero-order chi connectivity index (χ0) is 23.5. The molecule has 2 aliphatic rings. The van der Waals surface area contributed by atoms with Crippen molar-refractivity contribution in [3.63, 3.8) is 0 Å². The first-order valence-electron chi connectivity index (χ1n) is 11.1. The van der Waals surface area contributed by atoms with Crippen molar-refractivity contribution in [2.24, 2.45) is 0 Å². The number of amides is 1. The minimum absolute atomic E-state index is 0.0420. The van der Waals surface area contributed by atoms with Gasteiger partial charge in [0.15, 0.2) is 16.2 Å². The molecule has 9 nitrogen and oxygen atoms in total. The minimum atomic E-state index is -3.69. The second-order valence-electron chi connectivity index (χ2n) is 8.77. The van der Waals surface area contributed by atoms with Crippen molar-refractivity contribution in [1.29, 1.82) is 0 Å². The van der Waals surface area contributed by atoms with E-state index in [0.717, 1.165) is 16.9 Å². The van der Waals surface area contributed by atoms with Gasteiger partial charge in [-0.2, -0.15) is 5.10 Å². The van der Waals surface area contributed by atoms with Crippen LogP contribution in [-0.2, 0) is 14.6 Å². The van der Waals surface area contributed by atoms with Crippen LogP contribution in [-0.4, -0.2) is 53.7 Å². The molecule has 0 aliphatic carbocycles. The largest absolute Gasteiger partial charge is 0.593 e. The fourth-order valence-corrected chi connectivity index (χ4v) is 7.01. The number of piperidine rings is 1. The lowest BCUT2D eigenvalue weighted by Crippen LogP contribution is -2.49. The van der Waals surface area contributed by atoms with E-state index in [0.29, 0.717) is 43.1 Å². The van der Waals surface area contributed by atoms with E-state index in [4.69, 9.17) is 4.52 Å². The van der Waals surface area contributed by atoms with Gasteiger partial charge in [-0.1, -0.05) is 27.6 Å². The van der Waals surface area contributed by atoms with E-state index in [1.807, 2.05) is 49.1 Å². The number of rotatable bonds is 4. The van der Waals surface area contributed by atoms with Crippen LogP contribution in [0.3, 0.4) is 0 Å². The predicted molar refractivity (Wildman–Crippen MR) is 121 cm³/mol. The summed E-state index contributed by atoms with van der Waals surface area (Å²) < 4.78 is 34.6.